The third kappa shape index (κ3) is 3.53. The van der Waals surface area contributed by atoms with Crippen LogP contribution in [0.2, 0.25) is 0 Å². The summed E-state index contributed by atoms with van der Waals surface area (Å²) >= 11 is 1.88. The van der Waals surface area contributed by atoms with E-state index in [-0.39, 0.29) is 0 Å². The summed E-state index contributed by atoms with van der Waals surface area (Å²) in [6.45, 7) is 8.95. The molecule has 0 saturated carbocycles. The van der Waals surface area contributed by atoms with E-state index in [1.165, 1.54) is 53.6 Å². The molecule has 2 heteroatoms. The van der Waals surface area contributed by atoms with Gasteiger partial charge in [-0.15, -0.1) is 11.3 Å². The van der Waals surface area contributed by atoms with Gasteiger partial charge in [-0.25, -0.2) is 0 Å². The van der Waals surface area contributed by atoms with Crippen LogP contribution in [0.5, 0.6) is 0 Å². The molecule has 32 heavy (non-hydrogen) atoms. The molecule has 0 fully saturated rings. The first-order chi connectivity index (χ1) is 15.6. The van der Waals surface area contributed by atoms with Gasteiger partial charge in [0.1, 0.15) is 0 Å². The zero-order valence-corrected chi connectivity index (χ0v) is 20.1. The number of hydrogen-bond donors (Lipinski definition) is 0. The largest absolute Gasteiger partial charge is 0.256 e. The Bertz CT molecular complexity index is 1400. The SMILES string of the molecule is CCC(CC)c1ccnc(-c2cccc3c2sc2ccc(-c4c(C)cccc4C)cc23)c1. The van der Waals surface area contributed by atoms with Gasteiger partial charge in [0.25, 0.3) is 0 Å². The van der Waals surface area contributed by atoms with E-state index in [1.54, 1.807) is 0 Å². The Kier molecular flexibility index (Phi) is 5.57. The predicted molar refractivity (Wildman–Crippen MR) is 141 cm³/mol. The number of aryl methyl sites for hydroxylation is 2. The van der Waals surface area contributed by atoms with Crippen LogP contribution >= 0.6 is 11.3 Å². The van der Waals surface area contributed by atoms with Crippen LogP contribution in [-0.4, -0.2) is 4.98 Å². The first kappa shape index (κ1) is 20.9. The molecule has 0 amide bonds. The maximum atomic E-state index is 4.78. The highest BCUT2D eigenvalue weighted by molar-refractivity contribution is 7.26. The standard InChI is InChI=1S/C30H29NS/c1-5-21(6-2)22-15-16-31-27(18-22)25-12-8-11-24-26-17-23(13-14-28(26)32-30(24)25)29-19(3)9-7-10-20(29)4/h7-18,21H,5-6H2,1-4H3. The van der Waals surface area contributed by atoms with Crippen LogP contribution in [0.1, 0.15) is 49.3 Å². The summed E-state index contributed by atoms with van der Waals surface area (Å²) in [5, 5.41) is 2.66. The van der Waals surface area contributed by atoms with Gasteiger partial charge in [0, 0.05) is 31.9 Å². The third-order valence-electron chi connectivity index (χ3n) is 6.78. The molecule has 0 aliphatic heterocycles. The maximum absolute atomic E-state index is 4.78. The van der Waals surface area contributed by atoms with Crippen LogP contribution in [0.4, 0.5) is 0 Å². The van der Waals surface area contributed by atoms with Gasteiger partial charge in [-0.05, 0) is 84.7 Å². The zero-order valence-electron chi connectivity index (χ0n) is 19.3. The summed E-state index contributed by atoms with van der Waals surface area (Å²) in [6, 6.07) is 24.6. The molecule has 0 bridgehead atoms. The lowest BCUT2D eigenvalue weighted by molar-refractivity contribution is 0.641. The second kappa shape index (κ2) is 8.52. The van der Waals surface area contributed by atoms with Gasteiger partial charge < -0.3 is 0 Å². The van der Waals surface area contributed by atoms with Gasteiger partial charge in [0.2, 0.25) is 0 Å². The fraction of sp³-hybridized carbons (Fsp3) is 0.233. The van der Waals surface area contributed by atoms with Crippen molar-refractivity contribution >= 4 is 31.5 Å². The topological polar surface area (TPSA) is 12.9 Å². The van der Waals surface area contributed by atoms with Gasteiger partial charge in [-0.1, -0.05) is 56.3 Å². The minimum absolute atomic E-state index is 0.596. The maximum Gasteiger partial charge on any atom is 0.0719 e. The molecule has 0 spiro atoms. The number of hydrogen-bond acceptors (Lipinski definition) is 2. The summed E-state index contributed by atoms with van der Waals surface area (Å²) in [6.07, 6.45) is 4.30. The Morgan fingerprint density at radius 1 is 0.812 bits per heavy atom. The van der Waals surface area contributed by atoms with E-state index in [0.29, 0.717) is 5.92 Å². The van der Waals surface area contributed by atoms with Crippen LogP contribution in [0, 0.1) is 13.8 Å². The number of rotatable bonds is 5. The Hall–Kier alpha value is -2.97. The van der Waals surface area contributed by atoms with Crippen LogP contribution < -0.4 is 0 Å². The van der Waals surface area contributed by atoms with E-state index in [0.717, 1.165) is 18.5 Å². The highest BCUT2D eigenvalue weighted by atomic mass is 32.1. The van der Waals surface area contributed by atoms with Crippen molar-refractivity contribution in [1.29, 1.82) is 0 Å². The van der Waals surface area contributed by atoms with Crippen molar-refractivity contribution in [3.8, 4) is 22.4 Å². The number of benzene rings is 3. The summed E-state index contributed by atoms with van der Waals surface area (Å²) in [5.74, 6) is 0.596. The molecule has 0 radical (unpaired) electrons. The molecule has 0 saturated heterocycles. The Morgan fingerprint density at radius 2 is 1.56 bits per heavy atom. The number of aromatic nitrogens is 1. The molecule has 5 rings (SSSR count). The summed E-state index contributed by atoms with van der Waals surface area (Å²) < 4.78 is 2.66. The van der Waals surface area contributed by atoms with Gasteiger partial charge in [-0.2, -0.15) is 0 Å². The molecular formula is C30H29NS. The molecule has 5 aromatic rings. The lowest BCUT2D eigenvalue weighted by Crippen LogP contribution is -1.96. The van der Waals surface area contributed by atoms with Crippen LogP contribution in [0.3, 0.4) is 0 Å². The van der Waals surface area contributed by atoms with Crippen molar-refractivity contribution in [2.75, 3.05) is 0 Å². The average molecular weight is 436 g/mol. The number of fused-ring (bicyclic) bond motifs is 3. The molecule has 0 aliphatic rings. The zero-order chi connectivity index (χ0) is 22.2. The van der Waals surface area contributed by atoms with Crippen LogP contribution in [-0.2, 0) is 0 Å². The second-order valence-corrected chi connectivity index (χ2v) is 9.80. The Balaban J connectivity index is 1.69. The molecular weight excluding hydrogens is 406 g/mol. The second-order valence-electron chi connectivity index (χ2n) is 8.75. The quantitative estimate of drug-likeness (QED) is 0.268. The normalized spacial score (nSPS) is 11.7. The van der Waals surface area contributed by atoms with E-state index in [4.69, 9.17) is 4.98 Å². The van der Waals surface area contributed by atoms with E-state index in [2.05, 4.69) is 94.4 Å². The number of pyridine rings is 1. The molecule has 0 N–H and O–H groups in total. The Labute approximate surface area is 194 Å². The molecule has 2 heterocycles. The minimum Gasteiger partial charge on any atom is -0.256 e. The first-order valence-electron chi connectivity index (χ1n) is 11.6. The number of thiophene rings is 1. The van der Waals surface area contributed by atoms with Crippen molar-refractivity contribution in [3.05, 3.63) is 89.6 Å². The van der Waals surface area contributed by atoms with Crippen molar-refractivity contribution in [1.82, 2.24) is 4.98 Å². The smallest absolute Gasteiger partial charge is 0.0719 e. The van der Waals surface area contributed by atoms with E-state index in [1.807, 2.05) is 17.5 Å². The van der Waals surface area contributed by atoms with Gasteiger partial charge in [0.15, 0.2) is 0 Å². The number of nitrogens with zero attached hydrogens (tertiary/aromatic N) is 1. The summed E-state index contributed by atoms with van der Waals surface area (Å²) in [5.41, 5.74) is 9.03. The van der Waals surface area contributed by atoms with E-state index < -0.39 is 0 Å². The molecule has 160 valence electrons. The lowest BCUT2D eigenvalue weighted by Gasteiger charge is -2.13. The molecule has 0 aliphatic carbocycles. The predicted octanol–water partition coefficient (Wildman–Crippen LogP) is 9.30. The van der Waals surface area contributed by atoms with Crippen molar-refractivity contribution in [2.24, 2.45) is 0 Å². The van der Waals surface area contributed by atoms with Crippen molar-refractivity contribution in [3.63, 3.8) is 0 Å². The van der Waals surface area contributed by atoms with Crippen molar-refractivity contribution < 1.29 is 0 Å². The minimum atomic E-state index is 0.596. The monoisotopic (exact) mass is 435 g/mol. The highest BCUT2D eigenvalue weighted by Gasteiger charge is 2.15. The van der Waals surface area contributed by atoms with Gasteiger partial charge in [-0.3, -0.25) is 4.98 Å². The van der Waals surface area contributed by atoms with E-state index >= 15 is 0 Å². The highest BCUT2D eigenvalue weighted by Crippen LogP contribution is 2.42. The molecule has 3 aromatic carbocycles. The third-order valence-corrected chi connectivity index (χ3v) is 8.00. The fourth-order valence-corrected chi connectivity index (χ4v) is 6.24. The fourth-order valence-electron chi connectivity index (χ4n) is 5.03. The molecule has 0 atom stereocenters. The van der Waals surface area contributed by atoms with Crippen LogP contribution in [0.25, 0.3) is 42.6 Å². The summed E-state index contributed by atoms with van der Waals surface area (Å²) in [4.78, 5) is 4.78. The first-order valence-corrected chi connectivity index (χ1v) is 12.4. The van der Waals surface area contributed by atoms with Gasteiger partial charge >= 0.3 is 0 Å². The summed E-state index contributed by atoms with van der Waals surface area (Å²) in [7, 11) is 0. The van der Waals surface area contributed by atoms with Gasteiger partial charge in [0.05, 0.1) is 5.69 Å². The van der Waals surface area contributed by atoms with Crippen molar-refractivity contribution in [2.45, 2.75) is 46.5 Å². The molecule has 0 unspecified atom stereocenters. The van der Waals surface area contributed by atoms with E-state index in [9.17, 15) is 0 Å². The lowest BCUT2D eigenvalue weighted by atomic mass is 9.93. The van der Waals surface area contributed by atoms with Crippen LogP contribution in [0.15, 0.2) is 72.9 Å². The molecule has 1 nitrogen and oxygen atoms in total. The average Bonchev–Trinajstić information content (AvgIpc) is 3.18. The Morgan fingerprint density at radius 3 is 2.31 bits per heavy atom. The molecule has 2 aromatic heterocycles.